The number of fused-ring (bicyclic) bond motifs is 1. The van der Waals surface area contributed by atoms with E-state index in [4.69, 9.17) is 14.3 Å². The van der Waals surface area contributed by atoms with E-state index in [0.29, 0.717) is 23.7 Å². The molecule has 27 heavy (non-hydrogen) atoms. The zero-order valence-corrected chi connectivity index (χ0v) is 16.7. The molecule has 0 aromatic heterocycles. The minimum atomic E-state index is -0.168. The minimum absolute atomic E-state index is 0.168. The van der Waals surface area contributed by atoms with Crippen molar-refractivity contribution in [2.24, 2.45) is 5.16 Å². The summed E-state index contributed by atoms with van der Waals surface area (Å²) >= 11 is 0. The van der Waals surface area contributed by atoms with Crippen molar-refractivity contribution < 1.29 is 19.1 Å². The number of hydrogen-bond donors (Lipinski definition) is 0. The Labute approximate surface area is 159 Å². The van der Waals surface area contributed by atoms with Crippen molar-refractivity contribution in [2.45, 2.75) is 48.1 Å². The molecule has 0 saturated heterocycles. The van der Waals surface area contributed by atoms with Gasteiger partial charge in [0.2, 0.25) is 6.79 Å². The van der Waals surface area contributed by atoms with Crippen molar-refractivity contribution in [1.29, 1.82) is 0 Å². The van der Waals surface area contributed by atoms with Gasteiger partial charge in [-0.1, -0.05) is 5.16 Å². The van der Waals surface area contributed by atoms with E-state index < -0.39 is 0 Å². The fourth-order valence-electron chi connectivity index (χ4n) is 3.32. The number of rotatable bonds is 5. The highest BCUT2D eigenvalue weighted by Crippen LogP contribution is 2.33. The number of benzene rings is 2. The summed E-state index contributed by atoms with van der Waals surface area (Å²) in [5, 5.41) is 4.15. The maximum atomic E-state index is 12.1. The van der Waals surface area contributed by atoms with Crippen molar-refractivity contribution in [3.8, 4) is 11.5 Å². The lowest BCUT2D eigenvalue weighted by Gasteiger charge is -2.18. The molecule has 142 valence electrons. The van der Waals surface area contributed by atoms with E-state index in [0.717, 1.165) is 5.56 Å². The van der Waals surface area contributed by atoms with Crippen LogP contribution < -0.4 is 9.47 Å². The van der Waals surface area contributed by atoms with Gasteiger partial charge in [0.15, 0.2) is 23.0 Å². The van der Waals surface area contributed by atoms with Gasteiger partial charge in [0.05, 0.1) is 0 Å². The van der Waals surface area contributed by atoms with E-state index in [1.54, 1.807) is 18.2 Å². The van der Waals surface area contributed by atoms with E-state index in [-0.39, 0.29) is 18.3 Å². The topological polar surface area (TPSA) is 57.1 Å². The van der Waals surface area contributed by atoms with Crippen molar-refractivity contribution in [1.82, 2.24) is 0 Å². The monoisotopic (exact) mass is 367 g/mol. The van der Waals surface area contributed by atoms with E-state index >= 15 is 0 Å². The second-order valence-corrected chi connectivity index (χ2v) is 6.94. The molecule has 0 unspecified atom stereocenters. The number of carbonyl (C=O) groups is 1. The third-order valence-corrected chi connectivity index (χ3v) is 5.50. The number of ether oxygens (including phenoxy) is 2. The molecule has 0 saturated carbocycles. The second-order valence-electron chi connectivity index (χ2n) is 6.94. The third-order valence-electron chi connectivity index (χ3n) is 5.50. The summed E-state index contributed by atoms with van der Waals surface area (Å²) in [6, 6.07) is 5.31. The molecule has 1 aliphatic heterocycles. The number of oxime groups is 1. The van der Waals surface area contributed by atoms with Crippen LogP contribution in [0.3, 0.4) is 0 Å². The molecule has 0 N–H and O–H groups in total. The molecule has 0 fully saturated rings. The van der Waals surface area contributed by atoms with Crippen molar-refractivity contribution in [3.05, 3.63) is 57.1 Å². The van der Waals surface area contributed by atoms with Crippen LogP contribution in [0.25, 0.3) is 0 Å². The van der Waals surface area contributed by atoms with Crippen LogP contribution >= 0.6 is 0 Å². The first-order valence-corrected chi connectivity index (χ1v) is 8.98. The molecule has 5 nitrogen and oxygen atoms in total. The molecule has 1 heterocycles. The van der Waals surface area contributed by atoms with Crippen LogP contribution in [0.4, 0.5) is 0 Å². The maximum Gasteiger partial charge on any atom is 0.231 e. The molecule has 0 amide bonds. The van der Waals surface area contributed by atoms with Gasteiger partial charge in [-0.25, -0.2) is 0 Å². The van der Waals surface area contributed by atoms with Crippen molar-refractivity contribution in [2.75, 3.05) is 6.79 Å². The Hall–Kier alpha value is -2.82. The lowest BCUT2D eigenvalue weighted by atomic mass is 9.90. The maximum absolute atomic E-state index is 12.1. The predicted molar refractivity (Wildman–Crippen MR) is 105 cm³/mol. The highest BCUT2D eigenvalue weighted by molar-refractivity contribution is 6.45. The van der Waals surface area contributed by atoms with Gasteiger partial charge < -0.3 is 14.3 Å². The van der Waals surface area contributed by atoms with Gasteiger partial charge in [-0.05, 0) is 86.2 Å². The lowest BCUT2D eigenvalue weighted by molar-refractivity contribution is -0.111. The zero-order valence-electron chi connectivity index (χ0n) is 16.7. The Morgan fingerprint density at radius 1 is 0.963 bits per heavy atom. The molecule has 1 aliphatic rings. The summed E-state index contributed by atoms with van der Waals surface area (Å²) in [6.07, 6.45) is 0. The third kappa shape index (κ3) is 3.54. The molecule has 2 aromatic rings. The van der Waals surface area contributed by atoms with Gasteiger partial charge in [0.25, 0.3) is 0 Å². The highest BCUT2D eigenvalue weighted by Gasteiger charge is 2.18. The van der Waals surface area contributed by atoms with Gasteiger partial charge in [0, 0.05) is 12.5 Å². The van der Waals surface area contributed by atoms with Gasteiger partial charge in [-0.2, -0.15) is 0 Å². The number of nitrogens with zero attached hydrogens (tertiary/aromatic N) is 1. The second kappa shape index (κ2) is 7.43. The molecule has 0 spiro atoms. The van der Waals surface area contributed by atoms with Crippen LogP contribution in [0.15, 0.2) is 23.4 Å². The molecule has 5 heteroatoms. The summed E-state index contributed by atoms with van der Waals surface area (Å²) < 4.78 is 10.7. The van der Waals surface area contributed by atoms with Crippen molar-refractivity contribution in [3.63, 3.8) is 0 Å². The standard InChI is InChI=1S/C22H25NO4/c1-12-13(2)15(4)19(16(5)14(12)3)10-27-23-22(17(6)24)18-7-8-20-21(9-18)26-11-25-20/h7-9H,10-11H2,1-6H3/b23-22-. The summed E-state index contributed by atoms with van der Waals surface area (Å²) in [5.41, 5.74) is 8.29. The van der Waals surface area contributed by atoms with Crippen LogP contribution in [0.1, 0.15) is 45.9 Å². The Bertz CT molecular complexity index is 915. The van der Waals surface area contributed by atoms with Crippen LogP contribution in [-0.2, 0) is 16.2 Å². The normalized spacial score (nSPS) is 13.0. The Morgan fingerprint density at radius 2 is 1.56 bits per heavy atom. The summed E-state index contributed by atoms with van der Waals surface area (Å²) in [4.78, 5) is 17.7. The van der Waals surface area contributed by atoms with E-state index in [1.165, 1.54) is 34.7 Å². The lowest BCUT2D eigenvalue weighted by Crippen LogP contribution is -2.13. The average Bonchev–Trinajstić information content (AvgIpc) is 3.11. The fourth-order valence-corrected chi connectivity index (χ4v) is 3.32. The predicted octanol–water partition coefficient (Wildman–Crippen LogP) is 4.47. The SMILES string of the molecule is CC(=O)/C(=N/OCc1c(C)c(C)c(C)c(C)c1C)c1ccc2c(c1)OCO2. The van der Waals surface area contributed by atoms with E-state index in [2.05, 4.69) is 39.8 Å². The number of hydrogen-bond acceptors (Lipinski definition) is 5. The first-order chi connectivity index (χ1) is 12.8. The summed E-state index contributed by atoms with van der Waals surface area (Å²) in [7, 11) is 0. The van der Waals surface area contributed by atoms with E-state index in [1.807, 2.05) is 0 Å². The van der Waals surface area contributed by atoms with Crippen molar-refractivity contribution >= 4 is 11.5 Å². The molecule has 0 bridgehead atoms. The first-order valence-electron chi connectivity index (χ1n) is 8.98. The van der Waals surface area contributed by atoms with Crippen LogP contribution in [0, 0.1) is 34.6 Å². The molecule has 0 aliphatic carbocycles. The first kappa shape index (κ1) is 19.0. The molecule has 2 aromatic carbocycles. The Morgan fingerprint density at radius 3 is 2.19 bits per heavy atom. The average molecular weight is 367 g/mol. The number of carbonyl (C=O) groups excluding carboxylic acids is 1. The van der Waals surface area contributed by atoms with Gasteiger partial charge >= 0.3 is 0 Å². The van der Waals surface area contributed by atoms with Crippen LogP contribution in [-0.4, -0.2) is 18.3 Å². The molecule has 0 atom stereocenters. The Balaban J connectivity index is 1.87. The number of ketones is 1. The molecular weight excluding hydrogens is 342 g/mol. The smallest absolute Gasteiger partial charge is 0.231 e. The largest absolute Gasteiger partial charge is 0.454 e. The zero-order chi connectivity index (χ0) is 19.7. The molecule has 3 rings (SSSR count). The Kier molecular flexibility index (Phi) is 5.22. The van der Waals surface area contributed by atoms with Crippen LogP contribution in [0.5, 0.6) is 11.5 Å². The fraction of sp³-hybridized carbons (Fsp3) is 0.364. The quantitative estimate of drug-likeness (QED) is 0.578. The number of Topliss-reactive ketones (excluding diaryl/α,β-unsaturated/α-hetero) is 1. The summed E-state index contributed by atoms with van der Waals surface area (Å²) in [5.74, 6) is 1.11. The molecular formula is C22H25NO4. The van der Waals surface area contributed by atoms with Crippen LogP contribution in [0.2, 0.25) is 0 Å². The van der Waals surface area contributed by atoms with Gasteiger partial charge in [0.1, 0.15) is 6.61 Å². The minimum Gasteiger partial charge on any atom is -0.454 e. The summed E-state index contributed by atoms with van der Waals surface area (Å²) in [6.45, 7) is 12.6. The van der Waals surface area contributed by atoms with E-state index in [9.17, 15) is 4.79 Å². The molecule has 0 radical (unpaired) electrons. The highest BCUT2D eigenvalue weighted by atomic mass is 16.7. The van der Waals surface area contributed by atoms with Gasteiger partial charge in [-0.3, -0.25) is 4.79 Å². The van der Waals surface area contributed by atoms with Gasteiger partial charge in [-0.15, -0.1) is 0 Å².